The predicted octanol–water partition coefficient (Wildman–Crippen LogP) is 1.45. The molecule has 0 radical (unpaired) electrons. The second-order valence-electron chi connectivity index (χ2n) is 5.37. The summed E-state index contributed by atoms with van der Waals surface area (Å²) in [6.45, 7) is -0.0254. The van der Waals surface area contributed by atoms with Crippen LogP contribution in [-0.2, 0) is 4.79 Å². The van der Waals surface area contributed by atoms with Gasteiger partial charge in [0, 0.05) is 19.3 Å². The highest BCUT2D eigenvalue weighted by atomic mass is 35.5. The number of Topliss-reactive ketones (excluding diaryl/α,β-unsaturated/α-hetero) is 1. The van der Waals surface area contributed by atoms with Crippen LogP contribution in [0.1, 0.15) is 10.5 Å². The lowest BCUT2D eigenvalue weighted by atomic mass is 10.2. The summed E-state index contributed by atoms with van der Waals surface area (Å²) in [5, 5.41) is 0. The number of pyridine rings is 1. The molecule has 0 saturated carbocycles. The third-order valence-electron chi connectivity index (χ3n) is 3.68. The first-order valence-corrected chi connectivity index (χ1v) is 7.43. The number of carbonyl (C=O) groups excluding carboxylic acids is 2. The molecule has 8 heteroatoms. The topological polar surface area (TPSA) is 94.8 Å². The van der Waals surface area contributed by atoms with Crippen LogP contribution in [0.3, 0.4) is 0 Å². The summed E-state index contributed by atoms with van der Waals surface area (Å²) < 4.78 is 11.1. The summed E-state index contributed by atoms with van der Waals surface area (Å²) in [6, 6.07) is 9.42. The van der Waals surface area contributed by atoms with Crippen LogP contribution in [0.15, 0.2) is 42.6 Å². The molecule has 1 aliphatic rings. The van der Waals surface area contributed by atoms with E-state index in [0.717, 1.165) is 0 Å². The van der Waals surface area contributed by atoms with Gasteiger partial charge in [0.25, 0.3) is 0 Å². The first-order chi connectivity index (χ1) is 11.6. The fourth-order valence-corrected chi connectivity index (χ4v) is 2.34. The van der Waals surface area contributed by atoms with E-state index in [1.807, 2.05) is 0 Å². The lowest BCUT2D eigenvalue weighted by Crippen LogP contribution is -2.43. The number of ketones is 1. The molecule has 132 valence electrons. The highest BCUT2D eigenvalue weighted by Crippen LogP contribution is 2.33. The molecule has 1 aromatic heterocycles. The molecular formula is C17H18ClN3O4. The molecule has 25 heavy (non-hydrogen) atoms. The highest BCUT2D eigenvalue weighted by Gasteiger charge is 2.26. The Morgan fingerprint density at radius 3 is 2.92 bits per heavy atom. The maximum absolute atomic E-state index is 12.1. The molecule has 1 amide bonds. The summed E-state index contributed by atoms with van der Waals surface area (Å²) in [5.41, 5.74) is 6.64. The smallest absolute Gasteiger partial charge is 0.247 e. The van der Waals surface area contributed by atoms with Gasteiger partial charge in [0.15, 0.2) is 6.61 Å². The summed E-state index contributed by atoms with van der Waals surface area (Å²) in [6.07, 6.45) is 1.55. The molecule has 2 aromatic rings. The summed E-state index contributed by atoms with van der Waals surface area (Å²) in [4.78, 5) is 29.5. The van der Waals surface area contributed by atoms with E-state index in [2.05, 4.69) is 4.98 Å². The molecule has 0 aliphatic carbocycles. The molecule has 1 atom stereocenters. The molecule has 0 saturated heterocycles. The van der Waals surface area contributed by atoms with Gasteiger partial charge in [-0.15, -0.1) is 12.4 Å². The largest absolute Gasteiger partial charge is 0.489 e. The third kappa shape index (κ3) is 4.07. The number of nitrogens with two attached hydrogens (primary N) is 1. The van der Waals surface area contributed by atoms with E-state index in [4.69, 9.17) is 15.2 Å². The Kier molecular flexibility index (Phi) is 5.95. The standard InChI is InChI=1S/C17H17N3O4.ClH/c1-20-14-8-11(5-6-16(14)24-9-12(18)17(20)22)23-10-15(21)13-4-2-3-7-19-13;/h2-8,12H,9-10,18H2,1H3;1H/t12-;/m0./s1. The van der Waals surface area contributed by atoms with E-state index in [0.29, 0.717) is 22.9 Å². The van der Waals surface area contributed by atoms with Gasteiger partial charge in [-0.25, -0.2) is 0 Å². The molecule has 1 aromatic carbocycles. The minimum atomic E-state index is -0.711. The Balaban J connectivity index is 0.00000225. The number of aromatic nitrogens is 1. The van der Waals surface area contributed by atoms with E-state index in [9.17, 15) is 9.59 Å². The van der Waals surface area contributed by atoms with E-state index >= 15 is 0 Å². The number of carbonyl (C=O) groups is 2. The third-order valence-corrected chi connectivity index (χ3v) is 3.68. The van der Waals surface area contributed by atoms with Crippen LogP contribution in [-0.4, -0.2) is 43.0 Å². The zero-order chi connectivity index (χ0) is 17.1. The number of hydrogen-bond acceptors (Lipinski definition) is 6. The van der Waals surface area contributed by atoms with Gasteiger partial charge in [0.2, 0.25) is 11.7 Å². The number of hydrogen-bond donors (Lipinski definition) is 1. The predicted molar refractivity (Wildman–Crippen MR) is 94.6 cm³/mol. The number of nitrogens with zero attached hydrogens (tertiary/aromatic N) is 2. The van der Waals surface area contributed by atoms with Gasteiger partial charge in [0.05, 0.1) is 5.69 Å². The minimum Gasteiger partial charge on any atom is -0.489 e. The van der Waals surface area contributed by atoms with Crippen molar-refractivity contribution >= 4 is 29.8 Å². The Hall–Kier alpha value is -2.64. The average molecular weight is 364 g/mol. The molecule has 7 nitrogen and oxygen atoms in total. The van der Waals surface area contributed by atoms with Crippen LogP contribution in [0.2, 0.25) is 0 Å². The minimum absolute atomic E-state index is 0. The molecule has 0 bridgehead atoms. The van der Waals surface area contributed by atoms with E-state index < -0.39 is 6.04 Å². The first-order valence-electron chi connectivity index (χ1n) is 7.43. The van der Waals surface area contributed by atoms with Crippen LogP contribution >= 0.6 is 12.4 Å². The summed E-state index contributed by atoms with van der Waals surface area (Å²) in [7, 11) is 1.62. The molecule has 0 fully saturated rings. The number of anilines is 1. The molecule has 2 heterocycles. The van der Waals surface area contributed by atoms with E-state index in [1.54, 1.807) is 49.6 Å². The number of fused-ring (bicyclic) bond motifs is 1. The average Bonchev–Trinajstić information content (AvgIpc) is 2.73. The number of rotatable bonds is 4. The van der Waals surface area contributed by atoms with Crippen molar-refractivity contribution in [3.05, 3.63) is 48.3 Å². The monoisotopic (exact) mass is 363 g/mol. The second-order valence-corrected chi connectivity index (χ2v) is 5.37. The summed E-state index contributed by atoms with van der Waals surface area (Å²) in [5.74, 6) is 0.530. The lowest BCUT2D eigenvalue weighted by molar-refractivity contribution is -0.119. The van der Waals surface area contributed by atoms with Crippen molar-refractivity contribution in [2.24, 2.45) is 5.73 Å². The molecule has 1 aliphatic heterocycles. The van der Waals surface area contributed by atoms with E-state index in [1.165, 1.54) is 4.90 Å². The lowest BCUT2D eigenvalue weighted by Gasteiger charge is -2.18. The highest BCUT2D eigenvalue weighted by molar-refractivity contribution is 5.99. The van der Waals surface area contributed by atoms with Crippen LogP contribution in [0.5, 0.6) is 11.5 Å². The van der Waals surface area contributed by atoms with Gasteiger partial charge in [0.1, 0.15) is 29.8 Å². The molecule has 3 rings (SSSR count). The number of benzene rings is 1. The molecule has 0 unspecified atom stereocenters. The zero-order valence-corrected chi connectivity index (χ0v) is 14.4. The van der Waals surface area contributed by atoms with Crippen molar-refractivity contribution < 1.29 is 19.1 Å². The van der Waals surface area contributed by atoms with Gasteiger partial charge < -0.3 is 20.1 Å². The summed E-state index contributed by atoms with van der Waals surface area (Å²) >= 11 is 0. The van der Waals surface area contributed by atoms with Gasteiger partial charge in [-0.05, 0) is 24.3 Å². The van der Waals surface area contributed by atoms with Crippen molar-refractivity contribution in [1.29, 1.82) is 0 Å². The maximum Gasteiger partial charge on any atom is 0.247 e. The van der Waals surface area contributed by atoms with Gasteiger partial charge >= 0.3 is 0 Å². The fourth-order valence-electron chi connectivity index (χ4n) is 2.34. The van der Waals surface area contributed by atoms with Crippen molar-refractivity contribution in [2.75, 3.05) is 25.2 Å². The van der Waals surface area contributed by atoms with Gasteiger partial charge in [-0.3, -0.25) is 14.6 Å². The Morgan fingerprint density at radius 2 is 2.20 bits per heavy atom. The van der Waals surface area contributed by atoms with Crippen LogP contribution in [0.25, 0.3) is 0 Å². The number of likely N-dealkylation sites (N-methyl/N-ethyl adjacent to an activating group) is 1. The molecular weight excluding hydrogens is 346 g/mol. The van der Waals surface area contributed by atoms with Crippen molar-refractivity contribution in [3.63, 3.8) is 0 Å². The number of ether oxygens (including phenoxy) is 2. The normalized spacial score (nSPS) is 16.2. The first kappa shape index (κ1) is 18.7. The fraction of sp³-hybridized carbons (Fsp3) is 0.235. The van der Waals surface area contributed by atoms with Gasteiger partial charge in [-0.2, -0.15) is 0 Å². The molecule has 0 spiro atoms. The Bertz CT molecular complexity index is 770. The van der Waals surface area contributed by atoms with Crippen molar-refractivity contribution in [1.82, 2.24) is 4.98 Å². The van der Waals surface area contributed by atoms with Crippen molar-refractivity contribution in [3.8, 4) is 11.5 Å². The SMILES string of the molecule is CN1C(=O)[C@@H](N)COc2ccc(OCC(=O)c3ccccn3)cc21.Cl. The Labute approximate surface area is 151 Å². The van der Waals surface area contributed by atoms with Gasteiger partial charge in [-0.1, -0.05) is 6.07 Å². The zero-order valence-electron chi connectivity index (χ0n) is 13.5. The number of halogens is 1. The van der Waals surface area contributed by atoms with Crippen molar-refractivity contribution in [2.45, 2.75) is 6.04 Å². The maximum atomic E-state index is 12.1. The number of amides is 1. The quantitative estimate of drug-likeness (QED) is 0.826. The second kappa shape index (κ2) is 7.96. The van der Waals surface area contributed by atoms with Crippen LogP contribution < -0.4 is 20.1 Å². The van der Waals surface area contributed by atoms with E-state index in [-0.39, 0.29) is 37.3 Å². The van der Waals surface area contributed by atoms with Crippen LogP contribution in [0, 0.1) is 0 Å². The Morgan fingerprint density at radius 1 is 1.40 bits per heavy atom. The van der Waals surface area contributed by atoms with Crippen LogP contribution in [0.4, 0.5) is 5.69 Å². The molecule has 2 N–H and O–H groups in total.